The number of methoxy groups -OCH3 is 1. The van der Waals surface area contributed by atoms with Gasteiger partial charge in [-0.2, -0.15) is 4.98 Å². The van der Waals surface area contributed by atoms with Crippen LogP contribution in [0.15, 0.2) is 36.7 Å². The number of ether oxygens (including phenoxy) is 1. The van der Waals surface area contributed by atoms with Gasteiger partial charge in [-0.1, -0.05) is 6.07 Å². The number of anilines is 1. The fraction of sp³-hybridized carbons (Fsp3) is 0.143. The van der Waals surface area contributed by atoms with Crippen molar-refractivity contribution in [1.82, 2.24) is 19.6 Å². The van der Waals surface area contributed by atoms with Crippen LogP contribution in [0.4, 0.5) is 5.69 Å². The second-order valence-corrected chi connectivity index (χ2v) is 4.46. The normalized spacial score (nSPS) is 10.6. The smallest absolute Gasteiger partial charge is 0.295 e. The van der Waals surface area contributed by atoms with Crippen LogP contribution in [-0.2, 0) is 0 Å². The first kappa shape index (κ1) is 13.0. The van der Waals surface area contributed by atoms with Gasteiger partial charge in [0.1, 0.15) is 5.75 Å². The van der Waals surface area contributed by atoms with Crippen LogP contribution in [0.2, 0.25) is 0 Å². The fourth-order valence-electron chi connectivity index (χ4n) is 1.93. The summed E-state index contributed by atoms with van der Waals surface area (Å²) in [7, 11) is 1.55. The average Bonchev–Trinajstić information content (AvgIpc) is 2.91. The molecular weight excluding hydrogens is 270 g/mol. The van der Waals surface area contributed by atoms with Crippen molar-refractivity contribution >= 4 is 17.4 Å². The SMILES string of the molecule is COc1ccc(C)cc1NC(=O)c1nc2ncccn2n1. The number of hydrogen-bond acceptors (Lipinski definition) is 5. The number of fused-ring (bicyclic) bond motifs is 1. The van der Waals surface area contributed by atoms with Gasteiger partial charge in [-0.3, -0.25) is 4.79 Å². The second kappa shape index (κ2) is 5.20. The third-order valence-electron chi connectivity index (χ3n) is 2.92. The van der Waals surface area contributed by atoms with E-state index in [0.29, 0.717) is 17.2 Å². The van der Waals surface area contributed by atoms with Crippen LogP contribution in [0.1, 0.15) is 16.2 Å². The zero-order chi connectivity index (χ0) is 14.8. The highest BCUT2D eigenvalue weighted by molar-refractivity contribution is 6.02. The highest BCUT2D eigenvalue weighted by atomic mass is 16.5. The van der Waals surface area contributed by atoms with Crippen molar-refractivity contribution in [2.24, 2.45) is 0 Å². The predicted octanol–water partition coefficient (Wildman–Crippen LogP) is 1.69. The summed E-state index contributed by atoms with van der Waals surface area (Å²) in [6, 6.07) is 7.24. The van der Waals surface area contributed by atoms with E-state index in [0.717, 1.165) is 5.56 Å². The summed E-state index contributed by atoms with van der Waals surface area (Å²) in [5.41, 5.74) is 1.59. The van der Waals surface area contributed by atoms with Crippen LogP contribution in [0.25, 0.3) is 5.78 Å². The standard InChI is InChI=1S/C14H13N5O2/c1-9-4-5-11(21-2)10(8-9)16-13(20)12-17-14-15-6-3-7-19(14)18-12/h3-8H,1-2H3,(H,16,20). The number of aromatic nitrogens is 4. The monoisotopic (exact) mass is 283 g/mol. The van der Waals surface area contributed by atoms with E-state index in [2.05, 4.69) is 20.4 Å². The van der Waals surface area contributed by atoms with Crippen LogP contribution in [0, 0.1) is 6.92 Å². The second-order valence-electron chi connectivity index (χ2n) is 4.46. The van der Waals surface area contributed by atoms with Crippen LogP contribution < -0.4 is 10.1 Å². The molecule has 0 bridgehead atoms. The Labute approximate surface area is 120 Å². The molecule has 2 heterocycles. The molecule has 21 heavy (non-hydrogen) atoms. The summed E-state index contributed by atoms with van der Waals surface area (Å²) in [5, 5.41) is 6.83. The van der Waals surface area contributed by atoms with E-state index < -0.39 is 5.91 Å². The number of amides is 1. The molecule has 2 aromatic heterocycles. The zero-order valence-corrected chi connectivity index (χ0v) is 11.6. The Morgan fingerprint density at radius 1 is 1.38 bits per heavy atom. The predicted molar refractivity (Wildman–Crippen MR) is 76.5 cm³/mol. The number of nitrogens with one attached hydrogen (secondary N) is 1. The van der Waals surface area contributed by atoms with Gasteiger partial charge in [0.2, 0.25) is 5.82 Å². The molecule has 0 radical (unpaired) electrons. The largest absolute Gasteiger partial charge is 0.495 e. The topological polar surface area (TPSA) is 81.4 Å². The van der Waals surface area contributed by atoms with Crippen molar-refractivity contribution < 1.29 is 9.53 Å². The van der Waals surface area contributed by atoms with Gasteiger partial charge in [-0.05, 0) is 30.7 Å². The minimum Gasteiger partial charge on any atom is -0.495 e. The lowest BCUT2D eigenvalue weighted by atomic mass is 10.2. The van der Waals surface area contributed by atoms with E-state index in [1.165, 1.54) is 4.52 Å². The lowest BCUT2D eigenvalue weighted by Gasteiger charge is -2.09. The maximum atomic E-state index is 12.2. The number of aryl methyl sites for hydroxylation is 1. The molecule has 0 saturated heterocycles. The van der Waals surface area contributed by atoms with Crippen LogP contribution in [0.3, 0.4) is 0 Å². The third-order valence-corrected chi connectivity index (χ3v) is 2.92. The molecule has 1 N–H and O–H groups in total. The molecule has 106 valence electrons. The highest BCUT2D eigenvalue weighted by Crippen LogP contribution is 2.25. The van der Waals surface area contributed by atoms with Crippen LogP contribution in [-0.4, -0.2) is 32.6 Å². The molecule has 0 spiro atoms. The average molecular weight is 283 g/mol. The van der Waals surface area contributed by atoms with Crippen molar-refractivity contribution in [3.8, 4) is 5.75 Å². The Bertz CT molecular complexity index is 779. The van der Waals surface area contributed by atoms with Gasteiger partial charge in [0.25, 0.3) is 11.7 Å². The number of hydrogen-bond donors (Lipinski definition) is 1. The van der Waals surface area contributed by atoms with Crippen molar-refractivity contribution in [3.05, 3.63) is 48.0 Å². The number of carbonyl (C=O) groups excluding carboxylic acids is 1. The zero-order valence-electron chi connectivity index (χ0n) is 11.6. The maximum Gasteiger partial charge on any atom is 0.295 e. The third kappa shape index (κ3) is 2.53. The van der Waals surface area contributed by atoms with Crippen molar-refractivity contribution in [3.63, 3.8) is 0 Å². The van der Waals surface area contributed by atoms with Crippen molar-refractivity contribution in [1.29, 1.82) is 0 Å². The van der Waals surface area contributed by atoms with Gasteiger partial charge < -0.3 is 10.1 Å². The molecule has 1 aromatic carbocycles. The molecule has 0 unspecified atom stereocenters. The number of benzene rings is 1. The molecule has 1 amide bonds. The van der Waals surface area contributed by atoms with E-state index in [-0.39, 0.29) is 5.82 Å². The minimum absolute atomic E-state index is 0.0530. The summed E-state index contributed by atoms with van der Waals surface area (Å²) >= 11 is 0. The molecule has 3 rings (SSSR count). The van der Waals surface area contributed by atoms with Gasteiger partial charge >= 0.3 is 0 Å². The fourth-order valence-corrected chi connectivity index (χ4v) is 1.93. The van der Waals surface area contributed by atoms with E-state index in [9.17, 15) is 4.79 Å². The van der Waals surface area contributed by atoms with Gasteiger partial charge in [0.15, 0.2) is 0 Å². The van der Waals surface area contributed by atoms with Gasteiger partial charge in [-0.15, -0.1) is 5.10 Å². The Kier molecular flexibility index (Phi) is 3.23. The molecule has 0 saturated carbocycles. The summed E-state index contributed by atoms with van der Waals surface area (Å²) in [4.78, 5) is 20.3. The van der Waals surface area contributed by atoms with E-state index in [1.807, 2.05) is 19.1 Å². The molecule has 0 atom stereocenters. The van der Waals surface area contributed by atoms with Gasteiger partial charge in [-0.25, -0.2) is 9.50 Å². The molecule has 0 aliphatic carbocycles. The maximum absolute atomic E-state index is 12.2. The van der Waals surface area contributed by atoms with Gasteiger partial charge in [0, 0.05) is 12.4 Å². The molecular formula is C14H13N5O2. The first-order valence-electron chi connectivity index (χ1n) is 6.31. The summed E-state index contributed by atoms with van der Waals surface area (Å²) < 4.78 is 6.67. The Morgan fingerprint density at radius 2 is 2.24 bits per heavy atom. The van der Waals surface area contributed by atoms with E-state index in [4.69, 9.17) is 4.74 Å². The lowest BCUT2D eigenvalue weighted by molar-refractivity contribution is 0.101. The van der Waals surface area contributed by atoms with Gasteiger partial charge in [0.05, 0.1) is 12.8 Å². The minimum atomic E-state index is -0.413. The lowest BCUT2D eigenvalue weighted by Crippen LogP contribution is -2.14. The molecule has 0 fully saturated rings. The van der Waals surface area contributed by atoms with Crippen LogP contribution in [0.5, 0.6) is 5.75 Å². The molecule has 3 aromatic rings. The summed E-state index contributed by atoms with van der Waals surface area (Å²) in [5.74, 6) is 0.594. The van der Waals surface area contributed by atoms with E-state index in [1.54, 1.807) is 31.6 Å². The quantitative estimate of drug-likeness (QED) is 0.791. The Morgan fingerprint density at radius 3 is 3.00 bits per heavy atom. The summed E-state index contributed by atoms with van der Waals surface area (Å²) in [6.07, 6.45) is 3.27. The molecule has 0 aliphatic heterocycles. The number of rotatable bonds is 3. The number of nitrogens with zero attached hydrogens (tertiary/aromatic N) is 4. The van der Waals surface area contributed by atoms with Crippen LogP contribution >= 0.6 is 0 Å². The Hall–Kier alpha value is -2.96. The molecule has 0 aliphatic rings. The first-order chi connectivity index (χ1) is 10.2. The summed E-state index contributed by atoms with van der Waals surface area (Å²) in [6.45, 7) is 1.93. The highest BCUT2D eigenvalue weighted by Gasteiger charge is 2.15. The van der Waals surface area contributed by atoms with Crippen molar-refractivity contribution in [2.45, 2.75) is 6.92 Å². The molecule has 7 heteroatoms. The van der Waals surface area contributed by atoms with E-state index >= 15 is 0 Å². The Balaban J connectivity index is 1.91. The first-order valence-corrected chi connectivity index (χ1v) is 6.31. The van der Waals surface area contributed by atoms with Crippen molar-refractivity contribution in [2.75, 3.05) is 12.4 Å². The number of carbonyl (C=O) groups is 1. The molecule has 7 nitrogen and oxygen atoms in total.